The van der Waals surface area contributed by atoms with Gasteiger partial charge in [0, 0.05) is 35.9 Å². The van der Waals surface area contributed by atoms with Crippen molar-refractivity contribution in [1.82, 2.24) is 9.97 Å². The molecule has 166 valence electrons. The standard InChI is InChI=1S/C24H24N4O4.Zn/c1-13-5-21(27-9-19-17(11-29)7-25-15(3)23(19)31)22(6-14(13)2)28-10-20-18(12-30)8-26-16(4)24(20)32;/h5-10,31-32H,11-12H2,1-4H3;/q-2;+2. The molecule has 9 heteroatoms. The Morgan fingerprint density at radius 2 is 1.12 bits per heavy atom. The van der Waals surface area contributed by atoms with Gasteiger partial charge in [0.1, 0.15) is 11.5 Å². The Morgan fingerprint density at radius 3 is 1.45 bits per heavy atom. The zero-order valence-corrected chi connectivity index (χ0v) is 22.1. The molecule has 1 aromatic carbocycles. The number of nitrogens with zero attached hydrogens (tertiary/aromatic N) is 4. The van der Waals surface area contributed by atoms with Crippen LogP contribution in [-0.4, -0.2) is 32.6 Å². The van der Waals surface area contributed by atoms with Crippen molar-refractivity contribution in [2.45, 2.75) is 40.9 Å². The van der Waals surface area contributed by atoms with Crippen molar-refractivity contribution in [3.63, 3.8) is 0 Å². The van der Waals surface area contributed by atoms with Crippen LogP contribution in [0.1, 0.15) is 44.8 Å². The number of pyridine rings is 2. The number of hydrogen-bond acceptors (Lipinski definition) is 8. The Morgan fingerprint density at radius 1 is 0.758 bits per heavy atom. The van der Waals surface area contributed by atoms with E-state index in [1.165, 1.54) is 24.8 Å². The summed E-state index contributed by atoms with van der Waals surface area (Å²) in [5.41, 5.74) is 5.08. The summed E-state index contributed by atoms with van der Waals surface area (Å²) in [6.45, 7) is 6.07. The second-order valence-electron chi connectivity index (χ2n) is 7.49. The van der Waals surface area contributed by atoms with Crippen molar-refractivity contribution in [3.8, 4) is 11.5 Å². The van der Waals surface area contributed by atoms with Gasteiger partial charge < -0.3 is 20.4 Å². The van der Waals surface area contributed by atoms with Crippen molar-refractivity contribution < 1.29 is 39.9 Å². The summed E-state index contributed by atoms with van der Waals surface area (Å²) >= 11 is 0. The molecule has 33 heavy (non-hydrogen) atoms. The molecule has 0 saturated carbocycles. The van der Waals surface area contributed by atoms with Gasteiger partial charge in [-0.05, 0) is 62.1 Å². The maximum absolute atomic E-state index is 11.5. The molecule has 2 heterocycles. The van der Waals surface area contributed by atoms with Gasteiger partial charge in [-0.3, -0.25) is 20.0 Å². The predicted molar refractivity (Wildman–Crippen MR) is 119 cm³/mol. The second-order valence-corrected chi connectivity index (χ2v) is 7.49. The second kappa shape index (κ2) is 11.2. The van der Waals surface area contributed by atoms with Gasteiger partial charge in [0.05, 0.1) is 22.8 Å². The summed E-state index contributed by atoms with van der Waals surface area (Å²) in [6.07, 6.45) is 5.72. The van der Waals surface area contributed by atoms with Crippen LogP contribution < -0.4 is 10.2 Å². The van der Waals surface area contributed by atoms with Gasteiger partial charge in [0.2, 0.25) is 0 Å². The number of rotatable bonds is 6. The molecule has 3 aromatic rings. The van der Waals surface area contributed by atoms with Gasteiger partial charge in [0.15, 0.2) is 0 Å². The van der Waals surface area contributed by atoms with E-state index in [4.69, 9.17) is 0 Å². The maximum Gasteiger partial charge on any atom is 2.00 e. The molecule has 2 aromatic heterocycles. The first kappa shape index (κ1) is 26.3. The molecule has 0 saturated heterocycles. The smallest absolute Gasteiger partial charge is 0.851 e. The van der Waals surface area contributed by atoms with Crippen LogP contribution in [0.2, 0.25) is 0 Å². The van der Waals surface area contributed by atoms with Crippen LogP contribution in [0.4, 0.5) is 11.4 Å². The molecule has 0 unspecified atom stereocenters. The van der Waals surface area contributed by atoms with E-state index in [1.54, 1.807) is 13.8 Å². The molecular formula is C24H24N4O4Zn. The van der Waals surface area contributed by atoms with E-state index in [2.05, 4.69) is 20.0 Å². The molecule has 8 nitrogen and oxygen atoms in total. The average Bonchev–Trinajstić information content (AvgIpc) is 2.78. The molecular weight excluding hydrogens is 474 g/mol. The minimum atomic E-state index is -0.543. The predicted octanol–water partition coefficient (Wildman–Crippen LogP) is 2.34. The number of aryl methyl sites for hydroxylation is 4. The fourth-order valence-electron chi connectivity index (χ4n) is 3.08. The monoisotopic (exact) mass is 496 g/mol. The molecule has 0 radical (unpaired) electrons. The van der Waals surface area contributed by atoms with Crippen molar-refractivity contribution in [3.05, 3.63) is 69.3 Å². The van der Waals surface area contributed by atoms with Crippen LogP contribution in [0.5, 0.6) is 11.5 Å². The third-order valence-electron chi connectivity index (χ3n) is 5.28. The third-order valence-corrected chi connectivity index (χ3v) is 5.28. The van der Waals surface area contributed by atoms with E-state index in [0.29, 0.717) is 45.0 Å². The van der Waals surface area contributed by atoms with E-state index in [0.717, 1.165) is 11.1 Å². The first-order valence-electron chi connectivity index (χ1n) is 9.97. The summed E-state index contributed by atoms with van der Waals surface area (Å²) in [5, 5.41) is 43.6. The van der Waals surface area contributed by atoms with Gasteiger partial charge >= 0.3 is 19.5 Å². The van der Waals surface area contributed by atoms with Crippen LogP contribution >= 0.6 is 0 Å². The normalized spacial score (nSPS) is 11.3. The van der Waals surface area contributed by atoms with Crippen molar-refractivity contribution in [2.24, 2.45) is 9.98 Å². The first-order chi connectivity index (χ1) is 15.3. The van der Waals surface area contributed by atoms with E-state index in [-0.39, 0.29) is 31.0 Å². The number of hydrogen-bond donors (Lipinski definition) is 2. The van der Waals surface area contributed by atoms with Gasteiger partial charge in [-0.1, -0.05) is 0 Å². The van der Waals surface area contributed by atoms with Crippen LogP contribution in [0.3, 0.4) is 0 Å². The van der Waals surface area contributed by atoms with Crippen LogP contribution in [-0.2, 0) is 32.7 Å². The fourth-order valence-corrected chi connectivity index (χ4v) is 3.08. The number of aromatic hydroxyl groups is 2. The van der Waals surface area contributed by atoms with Crippen molar-refractivity contribution in [2.75, 3.05) is 0 Å². The van der Waals surface area contributed by atoms with Gasteiger partial charge in [-0.25, -0.2) is 0 Å². The van der Waals surface area contributed by atoms with Crippen molar-refractivity contribution >= 4 is 23.8 Å². The molecule has 0 aliphatic carbocycles. The first-order valence-corrected chi connectivity index (χ1v) is 9.97. The Hall–Kier alpha value is -3.00. The Kier molecular flexibility index (Phi) is 8.94. The van der Waals surface area contributed by atoms with Gasteiger partial charge in [-0.15, -0.1) is 13.2 Å². The third kappa shape index (κ3) is 5.68. The molecule has 0 aliphatic heterocycles. The van der Waals surface area contributed by atoms with E-state index >= 15 is 0 Å². The fraction of sp³-hybridized carbons (Fsp3) is 0.250. The van der Waals surface area contributed by atoms with Crippen LogP contribution in [0, 0.1) is 27.7 Å². The SMILES string of the molecule is Cc1cc(N=Cc2c(C[O-])cnc(C)c2O)c(N=Cc2c(C[O-])cnc(C)c2O)cc1C.[Zn+2]. The summed E-state index contributed by atoms with van der Waals surface area (Å²) in [7, 11) is 0. The summed E-state index contributed by atoms with van der Waals surface area (Å²) in [5.74, 6) is -0.179. The van der Waals surface area contributed by atoms with Crippen LogP contribution in [0.15, 0.2) is 34.5 Å². The van der Waals surface area contributed by atoms with E-state index in [1.807, 2.05) is 26.0 Å². The molecule has 0 amide bonds. The minimum absolute atomic E-state index is 0. The van der Waals surface area contributed by atoms with Gasteiger partial charge in [0.25, 0.3) is 0 Å². The number of aromatic nitrogens is 2. The number of aliphatic imine (C=N–C) groups is 2. The van der Waals surface area contributed by atoms with E-state index < -0.39 is 13.2 Å². The average molecular weight is 498 g/mol. The topological polar surface area (TPSA) is 137 Å². The molecule has 0 fully saturated rings. The maximum atomic E-state index is 11.5. The number of benzene rings is 1. The Bertz CT molecular complexity index is 1130. The van der Waals surface area contributed by atoms with Crippen LogP contribution in [0.25, 0.3) is 0 Å². The van der Waals surface area contributed by atoms with Gasteiger partial charge in [-0.2, -0.15) is 0 Å². The molecule has 0 aliphatic rings. The molecule has 2 N–H and O–H groups in total. The van der Waals surface area contributed by atoms with E-state index in [9.17, 15) is 20.4 Å². The minimum Gasteiger partial charge on any atom is -0.851 e. The molecule has 0 bridgehead atoms. The summed E-state index contributed by atoms with van der Waals surface area (Å²) in [6, 6.07) is 3.68. The zero-order chi connectivity index (χ0) is 23.4. The Labute approximate surface area is 205 Å². The largest absolute Gasteiger partial charge is 2.00 e. The van der Waals surface area contributed by atoms with Crippen molar-refractivity contribution in [1.29, 1.82) is 0 Å². The molecule has 0 spiro atoms. The zero-order valence-electron chi connectivity index (χ0n) is 19.1. The molecule has 0 atom stereocenters. The summed E-state index contributed by atoms with van der Waals surface area (Å²) < 4.78 is 0. The molecule has 3 rings (SSSR count). The quantitative estimate of drug-likeness (QED) is 0.396. The summed E-state index contributed by atoms with van der Waals surface area (Å²) in [4.78, 5) is 17.0. The Balaban J connectivity index is 0.00000385.